The van der Waals surface area contributed by atoms with Gasteiger partial charge in [-0.25, -0.2) is 4.79 Å². The molecule has 0 aliphatic heterocycles. The third-order valence-electron chi connectivity index (χ3n) is 5.73. The summed E-state index contributed by atoms with van der Waals surface area (Å²) in [5.41, 5.74) is 2.81. The standard InChI is InChI=1S/C25H40O3Si/c1-20(2)29(21(3)4,22(5)6)28-18-23(7)14-10-8-13-17-25(26)27-19-24-15-11-9-12-16-24/h9,11-12,15-16,20-23H,8,10,14,18-19H2,1-7H3/t23-/m0/s1. The second kappa shape index (κ2) is 12.9. The number of carbonyl (C=O) groups is 1. The lowest BCUT2D eigenvalue weighted by molar-refractivity contribution is -0.137. The van der Waals surface area contributed by atoms with Gasteiger partial charge in [0.25, 0.3) is 0 Å². The zero-order valence-corrected chi connectivity index (χ0v) is 20.5. The molecule has 4 heteroatoms. The van der Waals surface area contributed by atoms with Gasteiger partial charge in [0.2, 0.25) is 0 Å². The van der Waals surface area contributed by atoms with Gasteiger partial charge in [-0.15, -0.1) is 0 Å². The second-order valence-electron chi connectivity index (χ2n) is 8.99. The molecular weight excluding hydrogens is 376 g/mol. The minimum atomic E-state index is -1.79. The predicted molar refractivity (Wildman–Crippen MR) is 124 cm³/mol. The van der Waals surface area contributed by atoms with E-state index >= 15 is 0 Å². The molecule has 0 saturated carbocycles. The van der Waals surface area contributed by atoms with Crippen molar-refractivity contribution in [2.45, 2.75) is 91.0 Å². The lowest BCUT2D eigenvalue weighted by atomic mass is 10.1. The monoisotopic (exact) mass is 416 g/mol. The van der Waals surface area contributed by atoms with E-state index in [9.17, 15) is 4.79 Å². The Bertz CT molecular complexity index is 634. The van der Waals surface area contributed by atoms with Crippen molar-refractivity contribution >= 4 is 14.3 Å². The molecule has 0 heterocycles. The van der Waals surface area contributed by atoms with Crippen LogP contribution in [0.5, 0.6) is 0 Å². The Hall–Kier alpha value is -1.57. The fraction of sp³-hybridized carbons (Fsp3) is 0.640. The van der Waals surface area contributed by atoms with Crippen molar-refractivity contribution in [1.82, 2.24) is 0 Å². The summed E-state index contributed by atoms with van der Waals surface area (Å²) in [4.78, 5) is 11.7. The third kappa shape index (κ3) is 8.36. The number of hydrogen-bond donors (Lipinski definition) is 0. The van der Waals surface area contributed by atoms with Crippen LogP contribution in [0.2, 0.25) is 16.6 Å². The number of hydrogen-bond acceptors (Lipinski definition) is 3. The zero-order chi connectivity index (χ0) is 21.9. The Morgan fingerprint density at radius 2 is 1.55 bits per heavy atom. The number of esters is 1. The molecule has 1 aromatic carbocycles. The summed E-state index contributed by atoms with van der Waals surface area (Å²) in [6.45, 7) is 17.3. The van der Waals surface area contributed by atoms with Crippen LogP contribution in [0.15, 0.2) is 30.3 Å². The summed E-state index contributed by atoms with van der Waals surface area (Å²) in [5.74, 6) is 5.59. The van der Waals surface area contributed by atoms with Crippen molar-refractivity contribution in [3.8, 4) is 11.8 Å². The van der Waals surface area contributed by atoms with Crippen molar-refractivity contribution < 1.29 is 14.0 Å². The Labute approximate surface area is 179 Å². The summed E-state index contributed by atoms with van der Waals surface area (Å²) >= 11 is 0. The van der Waals surface area contributed by atoms with Crippen molar-refractivity contribution in [2.75, 3.05) is 6.61 Å². The van der Waals surface area contributed by atoms with Crippen LogP contribution in [0, 0.1) is 17.8 Å². The van der Waals surface area contributed by atoms with Gasteiger partial charge < -0.3 is 9.16 Å². The van der Waals surface area contributed by atoms with Crippen LogP contribution in [-0.4, -0.2) is 20.9 Å². The van der Waals surface area contributed by atoms with Crippen LogP contribution >= 0.6 is 0 Å². The summed E-state index contributed by atoms with van der Waals surface area (Å²) in [7, 11) is -1.79. The number of rotatable bonds is 11. The fourth-order valence-electron chi connectivity index (χ4n) is 4.30. The van der Waals surface area contributed by atoms with E-state index in [0.717, 1.165) is 25.0 Å². The molecule has 0 saturated heterocycles. The maximum absolute atomic E-state index is 11.7. The van der Waals surface area contributed by atoms with Gasteiger partial charge in [-0.2, -0.15) is 0 Å². The van der Waals surface area contributed by atoms with Gasteiger partial charge >= 0.3 is 5.97 Å². The minimum Gasteiger partial charge on any atom is -0.451 e. The highest BCUT2D eigenvalue weighted by atomic mass is 28.4. The van der Waals surface area contributed by atoms with Crippen LogP contribution < -0.4 is 0 Å². The first-order valence-electron chi connectivity index (χ1n) is 11.0. The molecule has 0 bridgehead atoms. The van der Waals surface area contributed by atoms with Crippen molar-refractivity contribution in [2.24, 2.45) is 5.92 Å². The van der Waals surface area contributed by atoms with E-state index in [1.807, 2.05) is 30.3 Å². The lowest BCUT2D eigenvalue weighted by Gasteiger charge is -2.42. The van der Waals surface area contributed by atoms with Gasteiger partial charge in [0.15, 0.2) is 8.32 Å². The minimum absolute atomic E-state index is 0.274. The molecule has 3 nitrogen and oxygen atoms in total. The molecule has 0 fully saturated rings. The summed E-state index contributed by atoms with van der Waals surface area (Å²) in [6, 6.07) is 9.65. The molecule has 1 rings (SSSR count). The van der Waals surface area contributed by atoms with Crippen molar-refractivity contribution in [3.05, 3.63) is 35.9 Å². The Balaban J connectivity index is 2.34. The van der Waals surface area contributed by atoms with Gasteiger partial charge in [0.05, 0.1) is 0 Å². The Morgan fingerprint density at radius 1 is 0.966 bits per heavy atom. The quantitative estimate of drug-likeness (QED) is 0.132. The van der Waals surface area contributed by atoms with Gasteiger partial charge in [-0.1, -0.05) is 84.7 Å². The number of ether oxygens (including phenoxy) is 1. The van der Waals surface area contributed by atoms with Crippen molar-refractivity contribution in [1.29, 1.82) is 0 Å². The van der Waals surface area contributed by atoms with Crippen LogP contribution in [0.3, 0.4) is 0 Å². The first-order chi connectivity index (χ1) is 13.7. The first kappa shape index (κ1) is 25.5. The molecule has 29 heavy (non-hydrogen) atoms. The molecule has 0 N–H and O–H groups in total. The average Bonchev–Trinajstić information content (AvgIpc) is 2.66. The zero-order valence-electron chi connectivity index (χ0n) is 19.5. The molecule has 0 aliphatic carbocycles. The smallest absolute Gasteiger partial charge is 0.384 e. The third-order valence-corrected chi connectivity index (χ3v) is 11.8. The van der Waals surface area contributed by atoms with Gasteiger partial charge in [0.1, 0.15) is 6.61 Å². The predicted octanol–water partition coefficient (Wildman–Crippen LogP) is 6.73. The molecule has 1 aromatic rings. The SMILES string of the molecule is CC(C)[Si](OC[C@@H](C)CCCC#CC(=O)OCc1ccccc1)(C(C)C)C(C)C. The molecule has 162 valence electrons. The maximum atomic E-state index is 11.7. The summed E-state index contributed by atoms with van der Waals surface area (Å²) < 4.78 is 11.8. The molecule has 0 aliphatic rings. The molecular formula is C25H40O3Si. The number of carbonyl (C=O) groups excluding carboxylic acids is 1. The number of unbranched alkanes of at least 4 members (excludes halogenated alkanes) is 1. The van der Waals surface area contributed by atoms with E-state index in [4.69, 9.17) is 9.16 Å². The average molecular weight is 417 g/mol. The normalized spacial score (nSPS) is 12.8. The lowest BCUT2D eigenvalue weighted by Crippen LogP contribution is -2.48. The van der Waals surface area contributed by atoms with E-state index in [1.165, 1.54) is 0 Å². The molecule has 0 spiro atoms. The maximum Gasteiger partial charge on any atom is 0.384 e. The second-order valence-corrected chi connectivity index (χ2v) is 14.4. The Kier molecular flexibility index (Phi) is 11.3. The van der Waals surface area contributed by atoms with Crippen molar-refractivity contribution in [3.63, 3.8) is 0 Å². The summed E-state index contributed by atoms with van der Waals surface area (Å²) in [5, 5.41) is 0. The largest absolute Gasteiger partial charge is 0.451 e. The molecule has 0 radical (unpaired) electrons. The van der Waals surface area contributed by atoms with Crippen LogP contribution in [0.25, 0.3) is 0 Å². The van der Waals surface area contributed by atoms with Gasteiger partial charge in [-0.05, 0) is 40.9 Å². The van der Waals surface area contributed by atoms with E-state index in [0.29, 0.717) is 29.0 Å². The van der Waals surface area contributed by atoms with E-state index in [2.05, 4.69) is 60.3 Å². The number of benzene rings is 1. The highest BCUT2D eigenvalue weighted by Crippen LogP contribution is 2.42. The molecule has 1 atom stereocenters. The topological polar surface area (TPSA) is 35.5 Å². The highest BCUT2D eigenvalue weighted by Gasteiger charge is 2.45. The van der Waals surface area contributed by atoms with Crippen LogP contribution in [0.1, 0.15) is 73.3 Å². The van der Waals surface area contributed by atoms with E-state index < -0.39 is 14.3 Å². The highest BCUT2D eigenvalue weighted by molar-refractivity contribution is 6.77. The van der Waals surface area contributed by atoms with E-state index in [1.54, 1.807) is 0 Å². The fourth-order valence-corrected chi connectivity index (χ4v) is 9.88. The molecule has 0 unspecified atom stereocenters. The summed E-state index contributed by atoms with van der Waals surface area (Å²) in [6.07, 6.45) is 2.75. The van der Waals surface area contributed by atoms with Gasteiger partial charge in [0, 0.05) is 18.9 Å². The Morgan fingerprint density at radius 3 is 2.10 bits per heavy atom. The van der Waals surface area contributed by atoms with E-state index in [-0.39, 0.29) is 6.61 Å². The van der Waals surface area contributed by atoms with Crippen LogP contribution in [-0.2, 0) is 20.6 Å². The van der Waals surface area contributed by atoms with Gasteiger partial charge in [-0.3, -0.25) is 0 Å². The first-order valence-corrected chi connectivity index (χ1v) is 13.2. The molecule has 0 aromatic heterocycles. The molecule has 0 amide bonds. The van der Waals surface area contributed by atoms with Crippen LogP contribution in [0.4, 0.5) is 0 Å².